The molecule has 16 heavy (non-hydrogen) atoms. The average Bonchev–Trinajstić information content (AvgIpc) is 2.27. The monoisotopic (exact) mass is 246 g/mol. The highest BCUT2D eigenvalue weighted by Crippen LogP contribution is 2.22. The van der Waals surface area contributed by atoms with Gasteiger partial charge >= 0.3 is 0 Å². The van der Waals surface area contributed by atoms with E-state index in [9.17, 15) is 0 Å². The first-order valence-corrected chi connectivity index (χ1v) is 7.43. The van der Waals surface area contributed by atoms with E-state index >= 15 is 0 Å². The molecule has 1 saturated carbocycles. The lowest BCUT2D eigenvalue weighted by atomic mass is 9.99. The number of rotatable bonds is 3. The van der Waals surface area contributed by atoms with Gasteiger partial charge in [-0.05, 0) is 18.8 Å². The summed E-state index contributed by atoms with van der Waals surface area (Å²) >= 11 is 6.19. The summed E-state index contributed by atoms with van der Waals surface area (Å²) in [5, 5.41) is 0. The molecular formula is C14H27ClO. The first-order valence-electron chi connectivity index (χ1n) is 6.99. The normalized spacial score (nSPS) is 23.2. The molecule has 1 aliphatic carbocycles. The van der Waals surface area contributed by atoms with Crippen molar-refractivity contribution in [3.63, 3.8) is 0 Å². The van der Waals surface area contributed by atoms with Crippen molar-refractivity contribution in [1.82, 2.24) is 0 Å². The van der Waals surface area contributed by atoms with Crippen LogP contribution >= 0.6 is 11.6 Å². The van der Waals surface area contributed by atoms with E-state index in [4.69, 9.17) is 16.3 Å². The third-order valence-electron chi connectivity index (χ3n) is 3.40. The molecule has 1 nitrogen and oxygen atoms in total. The minimum atomic E-state index is -0.104. The van der Waals surface area contributed by atoms with Crippen molar-refractivity contribution >= 4 is 11.6 Å². The first-order chi connectivity index (χ1) is 7.70. The van der Waals surface area contributed by atoms with Crippen LogP contribution in [0.2, 0.25) is 0 Å². The Labute approximate surface area is 106 Å². The zero-order valence-electron chi connectivity index (χ0n) is 10.9. The van der Waals surface area contributed by atoms with E-state index in [0.717, 1.165) is 0 Å². The molecule has 0 aromatic heterocycles. The van der Waals surface area contributed by atoms with Gasteiger partial charge in [0.1, 0.15) is 5.56 Å². The van der Waals surface area contributed by atoms with Gasteiger partial charge in [-0.25, -0.2) is 0 Å². The van der Waals surface area contributed by atoms with Crippen LogP contribution in [0.1, 0.15) is 71.6 Å². The summed E-state index contributed by atoms with van der Waals surface area (Å²) < 4.78 is 5.95. The second-order valence-electron chi connectivity index (χ2n) is 5.41. The average molecular weight is 247 g/mol. The quantitative estimate of drug-likeness (QED) is 0.629. The highest BCUT2D eigenvalue weighted by Gasteiger charge is 2.17. The second-order valence-corrected chi connectivity index (χ2v) is 5.84. The summed E-state index contributed by atoms with van der Waals surface area (Å²) in [5.41, 5.74) is -0.104. The van der Waals surface area contributed by atoms with E-state index < -0.39 is 0 Å². The van der Waals surface area contributed by atoms with Crippen LogP contribution in [0.4, 0.5) is 0 Å². The molecule has 0 spiro atoms. The molecule has 0 aromatic rings. The first kappa shape index (κ1) is 14.3. The number of halogens is 1. The van der Waals surface area contributed by atoms with Crippen LogP contribution in [0.25, 0.3) is 0 Å². The Morgan fingerprint density at radius 1 is 0.875 bits per heavy atom. The van der Waals surface area contributed by atoms with Crippen LogP contribution in [-0.2, 0) is 4.74 Å². The van der Waals surface area contributed by atoms with E-state index in [0.29, 0.717) is 12.0 Å². The molecule has 1 rings (SSSR count). The van der Waals surface area contributed by atoms with E-state index in [1.165, 1.54) is 57.8 Å². The molecule has 0 radical (unpaired) electrons. The van der Waals surface area contributed by atoms with Gasteiger partial charge in [0, 0.05) is 0 Å². The SMILES string of the molecule is CC(C)C(Cl)OC1CCCCCCCCC1. The number of alkyl halides is 1. The van der Waals surface area contributed by atoms with Crippen LogP contribution in [-0.4, -0.2) is 11.7 Å². The van der Waals surface area contributed by atoms with Gasteiger partial charge in [-0.2, -0.15) is 0 Å². The van der Waals surface area contributed by atoms with Gasteiger partial charge in [0.05, 0.1) is 6.10 Å². The molecular weight excluding hydrogens is 220 g/mol. The predicted molar refractivity (Wildman–Crippen MR) is 70.9 cm³/mol. The third-order valence-corrected chi connectivity index (χ3v) is 4.01. The largest absolute Gasteiger partial charge is 0.359 e. The van der Waals surface area contributed by atoms with Gasteiger partial charge in [0.15, 0.2) is 0 Å². The van der Waals surface area contributed by atoms with Crippen molar-refractivity contribution in [2.24, 2.45) is 5.92 Å². The minimum absolute atomic E-state index is 0.104. The summed E-state index contributed by atoms with van der Waals surface area (Å²) in [6, 6.07) is 0. The summed E-state index contributed by atoms with van der Waals surface area (Å²) in [7, 11) is 0. The van der Waals surface area contributed by atoms with E-state index in [1.54, 1.807) is 0 Å². The standard InChI is InChI=1S/C14H27ClO/c1-12(2)14(15)16-13-10-8-6-4-3-5-7-9-11-13/h12-14H,3-11H2,1-2H3. The van der Waals surface area contributed by atoms with Gasteiger partial charge < -0.3 is 4.74 Å². The lowest BCUT2D eigenvalue weighted by Crippen LogP contribution is -2.22. The molecule has 0 bridgehead atoms. The lowest BCUT2D eigenvalue weighted by molar-refractivity contribution is -0.00226. The molecule has 0 aliphatic heterocycles. The molecule has 0 saturated heterocycles. The summed E-state index contributed by atoms with van der Waals surface area (Å²) in [4.78, 5) is 0. The van der Waals surface area contributed by atoms with Crippen molar-refractivity contribution < 1.29 is 4.74 Å². The van der Waals surface area contributed by atoms with Crippen LogP contribution in [0.15, 0.2) is 0 Å². The second kappa shape index (κ2) is 8.36. The Morgan fingerprint density at radius 2 is 1.31 bits per heavy atom. The number of hydrogen-bond donors (Lipinski definition) is 0. The fraction of sp³-hybridized carbons (Fsp3) is 1.00. The fourth-order valence-electron chi connectivity index (χ4n) is 2.25. The Hall–Kier alpha value is 0.250. The maximum absolute atomic E-state index is 6.19. The van der Waals surface area contributed by atoms with Gasteiger partial charge in [-0.15, -0.1) is 0 Å². The van der Waals surface area contributed by atoms with E-state index in [-0.39, 0.29) is 5.56 Å². The van der Waals surface area contributed by atoms with Crippen LogP contribution in [0.3, 0.4) is 0 Å². The molecule has 96 valence electrons. The summed E-state index contributed by atoms with van der Waals surface area (Å²) in [5.74, 6) is 0.414. The highest BCUT2D eigenvalue weighted by molar-refractivity contribution is 6.19. The van der Waals surface area contributed by atoms with Crippen molar-refractivity contribution in [2.75, 3.05) is 0 Å². The fourth-order valence-corrected chi connectivity index (χ4v) is 2.39. The Bertz CT molecular complexity index is 160. The molecule has 0 amide bonds. The van der Waals surface area contributed by atoms with Gasteiger partial charge in [-0.3, -0.25) is 0 Å². The molecule has 0 N–H and O–H groups in total. The topological polar surface area (TPSA) is 9.23 Å². The van der Waals surface area contributed by atoms with Gasteiger partial charge in [0.2, 0.25) is 0 Å². The molecule has 1 aliphatic rings. The van der Waals surface area contributed by atoms with E-state index in [1.807, 2.05) is 0 Å². The van der Waals surface area contributed by atoms with Crippen LogP contribution in [0.5, 0.6) is 0 Å². The molecule has 1 unspecified atom stereocenters. The lowest BCUT2D eigenvalue weighted by Gasteiger charge is -2.24. The van der Waals surface area contributed by atoms with Gasteiger partial charge in [-0.1, -0.05) is 70.4 Å². The molecule has 1 atom stereocenters. The van der Waals surface area contributed by atoms with Crippen LogP contribution in [0, 0.1) is 5.92 Å². The van der Waals surface area contributed by atoms with Gasteiger partial charge in [0.25, 0.3) is 0 Å². The molecule has 0 heterocycles. The highest BCUT2D eigenvalue weighted by atomic mass is 35.5. The summed E-state index contributed by atoms with van der Waals surface area (Å²) in [6.45, 7) is 4.25. The minimum Gasteiger partial charge on any atom is -0.359 e. The van der Waals surface area contributed by atoms with Crippen molar-refractivity contribution in [2.45, 2.75) is 83.3 Å². The summed E-state index contributed by atoms with van der Waals surface area (Å²) in [6.07, 6.45) is 12.4. The number of hydrogen-bond acceptors (Lipinski definition) is 1. The zero-order chi connectivity index (χ0) is 11.8. The third kappa shape index (κ3) is 6.10. The van der Waals surface area contributed by atoms with Crippen molar-refractivity contribution in [3.8, 4) is 0 Å². The molecule has 0 aromatic carbocycles. The maximum Gasteiger partial charge on any atom is 0.133 e. The van der Waals surface area contributed by atoms with E-state index in [2.05, 4.69) is 13.8 Å². The smallest absolute Gasteiger partial charge is 0.133 e. The number of ether oxygens (including phenoxy) is 1. The maximum atomic E-state index is 6.19. The molecule has 2 heteroatoms. The van der Waals surface area contributed by atoms with Crippen molar-refractivity contribution in [3.05, 3.63) is 0 Å². The van der Waals surface area contributed by atoms with Crippen molar-refractivity contribution in [1.29, 1.82) is 0 Å². The Kier molecular flexibility index (Phi) is 7.47. The Balaban J connectivity index is 2.29. The molecule has 1 fully saturated rings. The zero-order valence-corrected chi connectivity index (χ0v) is 11.6. The van der Waals surface area contributed by atoms with Crippen LogP contribution < -0.4 is 0 Å². The predicted octanol–water partition coefficient (Wildman–Crippen LogP) is 5.12. The Morgan fingerprint density at radius 3 is 1.75 bits per heavy atom.